The number of benzene rings is 1. The summed E-state index contributed by atoms with van der Waals surface area (Å²) in [5.74, 6) is -1.72. The minimum atomic E-state index is -4.50. The summed E-state index contributed by atoms with van der Waals surface area (Å²) >= 11 is 1.18. The van der Waals surface area contributed by atoms with E-state index in [0.29, 0.717) is 5.69 Å². The maximum Gasteiger partial charge on any atom is 0.416 e. The third-order valence-corrected chi connectivity index (χ3v) is 4.86. The Morgan fingerprint density at radius 3 is 2.50 bits per heavy atom. The molecule has 0 unspecified atom stereocenters. The average molecular weight is 408 g/mol. The number of Topliss-reactive ketones (excluding diaryl/α,β-unsaturated/α-hetero) is 1. The molecule has 0 radical (unpaired) electrons. The van der Waals surface area contributed by atoms with Gasteiger partial charge in [0.2, 0.25) is 0 Å². The molecule has 2 aromatic heterocycles. The maximum atomic E-state index is 13.0. The zero-order valence-corrected chi connectivity index (χ0v) is 15.9. The molecule has 28 heavy (non-hydrogen) atoms. The molecule has 0 aliphatic heterocycles. The summed E-state index contributed by atoms with van der Waals surface area (Å²) in [7, 11) is 0. The largest absolute Gasteiger partial charge is 0.416 e. The Morgan fingerprint density at radius 1 is 1.18 bits per heavy atom. The SMILES string of the molecule is Cc1csc(NC(=O)C(=O)c2c(C)nn(-c3cccc(C(F)(F)F)c3)c2C)n1. The molecule has 0 aliphatic rings. The average Bonchev–Trinajstić information content (AvgIpc) is 3.16. The summed E-state index contributed by atoms with van der Waals surface area (Å²) in [6.07, 6.45) is -4.50. The molecule has 0 fully saturated rings. The molecule has 0 spiro atoms. The van der Waals surface area contributed by atoms with Crippen LogP contribution in [0.5, 0.6) is 0 Å². The third kappa shape index (κ3) is 3.81. The van der Waals surface area contributed by atoms with Crippen molar-refractivity contribution in [1.82, 2.24) is 14.8 Å². The second-order valence-electron chi connectivity index (χ2n) is 6.08. The van der Waals surface area contributed by atoms with Crippen LogP contribution in [0.4, 0.5) is 18.3 Å². The number of aromatic nitrogens is 3. The summed E-state index contributed by atoms with van der Waals surface area (Å²) in [4.78, 5) is 28.9. The van der Waals surface area contributed by atoms with Crippen molar-refractivity contribution in [3.05, 3.63) is 57.9 Å². The molecule has 0 saturated carbocycles. The number of aryl methyl sites for hydroxylation is 2. The first-order valence-electron chi connectivity index (χ1n) is 8.09. The molecule has 1 N–H and O–H groups in total. The van der Waals surface area contributed by atoms with Crippen LogP contribution in [0.2, 0.25) is 0 Å². The van der Waals surface area contributed by atoms with E-state index < -0.39 is 23.4 Å². The Bertz CT molecular complexity index is 1070. The number of alkyl halides is 3. The smallest absolute Gasteiger partial charge is 0.295 e. The van der Waals surface area contributed by atoms with Crippen LogP contribution in [0.15, 0.2) is 29.6 Å². The maximum absolute atomic E-state index is 13.0. The Hall–Kier alpha value is -3.01. The van der Waals surface area contributed by atoms with Gasteiger partial charge in [-0.1, -0.05) is 6.07 Å². The monoisotopic (exact) mass is 408 g/mol. The van der Waals surface area contributed by atoms with E-state index in [9.17, 15) is 22.8 Å². The topological polar surface area (TPSA) is 76.9 Å². The van der Waals surface area contributed by atoms with Gasteiger partial charge in [-0.2, -0.15) is 18.3 Å². The molecule has 0 atom stereocenters. The van der Waals surface area contributed by atoms with Gasteiger partial charge >= 0.3 is 6.18 Å². The van der Waals surface area contributed by atoms with Crippen molar-refractivity contribution in [2.24, 2.45) is 0 Å². The highest BCUT2D eigenvalue weighted by atomic mass is 32.1. The summed E-state index contributed by atoms with van der Waals surface area (Å²) < 4.78 is 40.1. The van der Waals surface area contributed by atoms with Crippen LogP contribution in [-0.4, -0.2) is 26.5 Å². The number of ketones is 1. The van der Waals surface area contributed by atoms with Gasteiger partial charge < -0.3 is 0 Å². The number of amides is 1. The van der Waals surface area contributed by atoms with Crippen molar-refractivity contribution < 1.29 is 22.8 Å². The number of carbonyl (C=O) groups is 2. The summed E-state index contributed by atoms with van der Waals surface area (Å²) in [6, 6.07) is 4.59. The van der Waals surface area contributed by atoms with Crippen molar-refractivity contribution in [2.45, 2.75) is 26.9 Å². The second kappa shape index (κ2) is 7.19. The Balaban J connectivity index is 1.94. The molecular weight excluding hydrogens is 393 g/mol. The Kier molecular flexibility index (Phi) is 5.07. The number of nitrogens with zero attached hydrogens (tertiary/aromatic N) is 3. The fraction of sp³-hybridized carbons (Fsp3) is 0.222. The molecule has 3 rings (SSSR count). The van der Waals surface area contributed by atoms with E-state index in [-0.39, 0.29) is 27.8 Å². The number of hydrogen-bond donors (Lipinski definition) is 1. The molecule has 6 nitrogen and oxygen atoms in total. The number of nitrogens with one attached hydrogen (secondary N) is 1. The second-order valence-corrected chi connectivity index (χ2v) is 6.94. The molecule has 10 heteroatoms. The van der Waals surface area contributed by atoms with Gasteiger partial charge in [-0.25, -0.2) is 9.67 Å². The van der Waals surface area contributed by atoms with Gasteiger partial charge in [-0.15, -0.1) is 11.3 Å². The van der Waals surface area contributed by atoms with Gasteiger partial charge in [0.1, 0.15) is 0 Å². The lowest BCUT2D eigenvalue weighted by Crippen LogP contribution is -2.24. The van der Waals surface area contributed by atoms with Gasteiger partial charge in [0.15, 0.2) is 5.13 Å². The number of rotatable bonds is 4. The number of halogens is 3. The molecule has 0 saturated heterocycles. The number of thiazole rings is 1. The molecular formula is C18H15F3N4O2S. The Labute approximate surface area is 162 Å². The molecule has 1 aromatic carbocycles. The molecule has 0 aliphatic carbocycles. The lowest BCUT2D eigenvalue weighted by atomic mass is 10.1. The van der Waals surface area contributed by atoms with E-state index >= 15 is 0 Å². The normalized spacial score (nSPS) is 11.5. The zero-order valence-electron chi connectivity index (χ0n) is 15.1. The van der Waals surface area contributed by atoms with E-state index in [1.165, 1.54) is 42.0 Å². The van der Waals surface area contributed by atoms with Crippen LogP contribution in [0.25, 0.3) is 5.69 Å². The molecule has 0 bridgehead atoms. The number of carbonyl (C=O) groups excluding carboxylic acids is 2. The van der Waals surface area contributed by atoms with Crippen molar-refractivity contribution in [1.29, 1.82) is 0 Å². The molecule has 3 aromatic rings. The lowest BCUT2D eigenvalue weighted by molar-refractivity contribution is -0.137. The van der Waals surface area contributed by atoms with Crippen molar-refractivity contribution in [3.8, 4) is 5.69 Å². The predicted octanol–water partition coefficient (Wildman–Crippen LogP) is 4.09. The van der Waals surface area contributed by atoms with Crippen LogP contribution in [0.3, 0.4) is 0 Å². The highest BCUT2D eigenvalue weighted by Gasteiger charge is 2.31. The van der Waals surface area contributed by atoms with Gasteiger partial charge in [0.05, 0.1) is 33.9 Å². The summed E-state index contributed by atoms with van der Waals surface area (Å²) in [5, 5.41) is 8.59. The Morgan fingerprint density at radius 2 is 1.89 bits per heavy atom. The molecule has 1 amide bonds. The fourth-order valence-corrected chi connectivity index (χ4v) is 3.40. The standard InChI is InChI=1S/C18H15F3N4O2S/c1-9-8-28-17(22-9)23-16(27)15(26)14-10(2)24-25(11(14)3)13-6-4-5-12(7-13)18(19,20)21/h4-8H,1-3H3,(H,22,23,27). The van der Waals surface area contributed by atoms with E-state index in [2.05, 4.69) is 15.4 Å². The molecule has 2 heterocycles. The van der Waals surface area contributed by atoms with Crippen molar-refractivity contribution in [3.63, 3.8) is 0 Å². The van der Waals surface area contributed by atoms with E-state index in [1.807, 2.05) is 0 Å². The molecule has 146 valence electrons. The van der Waals surface area contributed by atoms with Gasteiger partial charge in [-0.05, 0) is 39.0 Å². The highest BCUT2D eigenvalue weighted by molar-refractivity contribution is 7.14. The highest BCUT2D eigenvalue weighted by Crippen LogP contribution is 2.31. The van der Waals surface area contributed by atoms with E-state index in [0.717, 1.165) is 12.1 Å². The quantitative estimate of drug-likeness (QED) is 0.521. The summed E-state index contributed by atoms with van der Waals surface area (Å²) in [5.41, 5.74) is 0.575. The van der Waals surface area contributed by atoms with Crippen LogP contribution >= 0.6 is 11.3 Å². The predicted molar refractivity (Wildman–Crippen MR) is 97.9 cm³/mol. The number of hydrogen-bond acceptors (Lipinski definition) is 5. The first-order chi connectivity index (χ1) is 13.1. The van der Waals surface area contributed by atoms with Crippen molar-refractivity contribution >= 4 is 28.2 Å². The number of anilines is 1. The van der Waals surface area contributed by atoms with Crippen LogP contribution in [0.1, 0.15) is 33.0 Å². The minimum absolute atomic E-state index is 0.0446. The van der Waals surface area contributed by atoms with E-state index in [4.69, 9.17) is 0 Å². The van der Waals surface area contributed by atoms with E-state index in [1.54, 1.807) is 12.3 Å². The lowest BCUT2D eigenvalue weighted by Gasteiger charge is -2.10. The van der Waals surface area contributed by atoms with Gasteiger partial charge in [-0.3, -0.25) is 14.9 Å². The van der Waals surface area contributed by atoms with Crippen molar-refractivity contribution in [2.75, 3.05) is 5.32 Å². The van der Waals surface area contributed by atoms with Gasteiger partial charge in [0.25, 0.3) is 11.7 Å². The minimum Gasteiger partial charge on any atom is -0.295 e. The zero-order chi connectivity index (χ0) is 20.6. The van der Waals surface area contributed by atoms with Gasteiger partial charge in [0, 0.05) is 5.38 Å². The fourth-order valence-electron chi connectivity index (χ4n) is 2.72. The third-order valence-electron chi connectivity index (χ3n) is 3.98. The summed E-state index contributed by atoms with van der Waals surface area (Å²) in [6.45, 7) is 4.79. The van der Waals surface area contributed by atoms with Crippen LogP contribution < -0.4 is 5.32 Å². The first-order valence-corrected chi connectivity index (χ1v) is 8.97. The first kappa shape index (κ1) is 19.7. The van der Waals surface area contributed by atoms with Crippen LogP contribution in [0, 0.1) is 20.8 Å². The van der Waals surface area contributed by atoms with Crippen LogP contribution in [-0.2, 0) is 11.0 Å².